The topological polar surface area (TPSA) is 45.2 Å². The van der Waals surface area contributed by atoms with Crippen molar-refractivity contribution in [2.24, 2.45) is 0 Å². The highest BCUT2D eigenvalue weighted by Gasteiger charge is 2.34. The molecule has 1 saturated heterocycles. The molecule has 0 unspecified atom stereocenters. The molecule has 2 fully saturated rings. The number of amides is 1. The van der Waals surface area contributed by atoms with E-state index in [4.69, 9.17) is 0 Å². The number of carbonyl (C=O) groups excluding carboxylic acids is 1. The summed E-state index contributed by atoms with van der Waals surface area (Å²) in [6, 6.07) is 0.522. The van der Waals surface area contributed by atoms with Gasteiger partial charge >= 0.3 is 0 Å². The van der Waals surface area contributed by atoms with E-state index in [9.17, 15) is 4.79 Å². The SMILES string of the molecule is CCc1nc(CN2CCC[C@H]2C(=O)NC2CC2)cs1. The van der Waals surface area contributed by atoms with E-state index in [0.717, 1.165) is 50.9 Å². The minimum absolute atomic E-state index is 0.0624. The van der Waals surface area contributed by atoms with Gasteiger partial charge in [-0.15, -0.1) is 11.3 Å². The van der Waals surface area contributed by atoms with Crippen molar-refractivity contribution in [1.29, 1.82) is 0 Å². The molecule has 1 aromatic rings. The fraction of sp³-hybridized carbons (Fsp3) is 0.714. The van der Waals surface area contributed by atoms with Crippen LogP contribution in [0.15, 0.2) is 5.38 Å². The van der Waals surface area contributed by atoms with Crippen LogP contribution in [0.5, 0.6) is 0 Å². The van der Waals surface area contributed by atoms with E-state index in [1.807, 2.05) is 0 Å². The van der Waals surface area contributed by atoms with Crippen LogP contribution < -0.4 is 5.32 Å². The minimum Gasteiger partial charge on any atom is -0.352 e. The monoisotopic (exact) mass is 279 g/mol. The van der Waals surface area contributed by atoms with Gasteiger partial charge in [0.1, 0.15) is 0 Å². The molecule has 0 radical (unpaired) electrons. The summed E-state index contributed by atoms with van der Waals surface area (Å²) in [4.78, 5) is 19.1. The fourth-order valence-electron chi connectivity index (χ4n) is 2.63. The number of likely N-dealkylation sites (tertiary alicyclic amines) is 1. The lowest BCUT2D eigenvalue weighted by Crippen LogP contribution is -2.43. The van der Waals surface area contributed by atoms with Crippen LogP contribution in [-0.4, -0.2) is 34.4 Å². The average molecular weight is 279 g/mol. The molecule has 2 heterocycles. The highest BCUT2D eigenvalue weighted by Crippen LogP contribution is 2.24. The van der Waals surface area contributed by atoms with E-state index in [0.29, 0.717) is 6.04 Å². The van der Waals surface area contributed by atoms with Crippen molar-refractivity contribution in [2.45, 2.75) is 57.7 Å². The Bertz CT molecular complexity index is 455. The van der Waals surface area contributed by atoms with Crippen LogP contribution >= 0.6 is 11.3 Å². The van der Waals surface area contributed by atoms with Crippen LogP contribution in [0.2, 0.25) is 0 Å². The number of rotatable bonds is 5. The van der Waals surface area contributed by atoms with Crippen molar-refractivity contribution in [3.63, 3.8) is 0 Å². The Kier molecular flexibility index (Phi) is 3.84. The molecule has 1 aromatic heterocycles. The molecule has 1 amide bonds. The van der Waals surface area contributed by atoms with Crippen molar-refractivity contribution in [1.82, 2.24) is 15.2 Å². The molecule has 1 aliphatic heterocycles. The van der Waals surface area contributed by atoms with E-state index in [-0.39, 0.29) is 11.9 Å². The number of aryl methyl sites for hydroxylation is 1. The smallest absolute Gasteiger partial charge is 0.237 e. The van der Waals surface area contributed by atoms with Gasteiger partial charge in [-0.2, -0.15) is 0 Å². The molecule has 2 aliphatic rings. The van der Waals surface area contributed by atoms with Gasteiger partial charge < -0.3 is 5.32 Å². The molecule has 4 nitrogen and oxygen atoms in total. The van der Waals surface area contributed by atoms with Crippen molar-refractivity contribution in [2.75, 3.05) is 6.54 Å². The lowest BCUT2D eigenvalue weighted by molar-refractivity contribution is -0.125. The summed E-state index contributed by atoms with van der Waals surface area (Å²) >= 11 is 1.72. The third-order valence-electron chi connectivity index (χ3n) is 3.86. The molecule has 0 spiro atoms. The first-order chi connectivity index (χ1) is 9.26. The summed E-state index contributed by atoms with van der Waals surface area (Å²) in [5.41, 5.74) is 1.12. The molecule has 1 saturated carbocycles. The quantitative estimate of drug-likeness (QED) is 0.896. The van der Waals surface area contributed by atoms with Gasteiger partial charge in [-0.05, 0) is 38.6 Å². The van der Waals surface area contributed by atoms with Crippen LogP contribution in [0.1, 0.15) is 43.3 Å². The van der Waals surface area contributed by atoms with Crippen molar-refractivity contribution in [3.8, 4) is 0 Å². The second-order valence-corrected chi connectivity index (χ2v) is 6.44. The molecule has 1 aliphatic carbocycles. The zero-order valence-electron chi connectivity index (χ0n) is 11.4. The zero-order chi connectivity index (χ0) is 13.2. The Labute approximate surface area is 118 Å². The van der Waals surface area contributed by atoms with Crippen LogP contribution in [-0.2, 0) is 17.8 Å². The standard InChI is InChI=1S/C14H21N3OS/c1-2-13-15-11(9-19-13)8-17-7-3-4-12(17)14(18)16-10-5-6-10/h9-10,12H,2-8H2,1H3,(H,16,18)/t12-/m0/s1. The molecular formula is C14H21N3OS. The van der Waals surface area contributed by atoms with Gasteiger partial charge in [0, 0.05) is 18.0 Å². The Hall–Kier alpha value is -0.940. The Morgan fingerprint density at radius 1 is 1.53 bits per heavy atom. The first-order valence-corrected chi connectivity index (χ1v) is 8.12. The minimum atomic E-state index is 0.0624. The van der Waals surface area contributed by atoms with E-state index in [1.54, 1.807) is 11.3 Å². The lowest BCUT2D eigenvalue weighted by Gasteiger charge is -2.22. The molecule has 104 valence electrons. The number of nitrogens with one attached hydrogen (secondary N) is 1. The number of hydrogen-bond donors (Lipinski definition) is 1. The summed E-state index contributed by atoms with van der Waals surface area (Å²) < 4.78 is 0. The van der Waals surface area contributed by atoms with Gasteiger partial charge in [-0.3, -0.25) is 9.69 Å². The number of hydrogen-bond acceptors (Lipinski definition) is 4. The van der Waals surface area contributed by atoms with E-state index in [2.05, 4.69) is 27.5 Å². The highest BCUT2D eigenvalue weighted by atomic mass is 32.1. The highest BCUT2D eigenvalue weighted by molar-refractivity contribution is 7.09. The van der Waals surface area contributed by atoms with Crippen LogP contribution in [0.4, 0.5) is 0 Å². The fourth-order valence-corrected chi connectivity index (χ4v) is 3.37. The van der Waals surface area contributed by atoms with Crippen LogP contribution in [0.25, 0.3) is 0 Å². The molecule has 1 atom stereocenters. The first kappa shape index (κ1) is 13.1. The average Bonchev–Trinajstić information content (AvgIpc) is 2.94. The normalized spacial score (nSPS) is 23.7. The van der Waals surface area contributed by atoms with E-state index < -0.39 is 0 Å². The molecule has 1 N–H and O–H groups in total. The number of aromatic nitrogens is 1. The predicted octanol–water partition coefficient (Wildman–Crippen LogP) is 1.95. The third-order valence-corrected chi connectivity index (χ3v) is 4.90. The predicted molar refractivity (Wildman–Crippen MR) is 76.1 cm³/mol. The summed E-state index contributed by atoms with van der Waals surface area (Å²) in [6.07, 6.45) is 5.42. The summed E-state index contributed by atoms with van der Waals surface area (Å²) in [5.74, 6) is 0.228. The summed E-state index contributed by atoms with van der Waals surface area (Å²) in [6.45, 7) is 3.96. The van der Waals surface area contributed by atoms with E-state index in [1.165, 1.54) is 5.01 Å². The van der Waals surface area contributed by atoms with Gasteiger partial charge in [0.25, 0.3) is 0 Å². The maximum Gasteiger partial charge on any atom is 0.237 e. The maximum atomic E-state index is 12.2. The second kappa shape index (κ2) is 5.59. The van der Waals surface area contributed by atoms with Gasteiger partial charge in [-0.25, -0.2) is 4.98 Å². The van der Waals surface area contributed by atoms with Crippen molar-refractivity contribution in [3.05, 3.63) is 16.1 Å². The Balaban J connectivity index is 1.60. The van der Waals surface area contributed by atoms with Gasteiger partial charge in [0.2, 0.25) is 5.91 Å². The molecule has 0 bridgehead atoms. The zero-order valence-corrected chi connectivity index (χ0v) is 12.2. The molecule has 5 heteroatoms. The first-order valence-electron chi connectivity index (χ1n) is 7.24. The summed E-state index contributed by atoms with van der Waals surface area (Å²) in [5, 5.41) is 6.45. The molecule has 0 aromatic carbocycles. The molecule has 19 heavy (non-hydrogen) atoms. The van der Waals surface area contributed by atoms with Crippen molar-refractivity contribution < 1.29 is 4.79 Å². The van der Waals surface area contributed by atoms with Gasteiger partial charge in [0.15, 0.2) is 0 Å². The third kappa shape index (κ3) is 3.15. The lowest BCUT2D eigenvalue weighted by atomic mass is 10.2. The largest absolute Gasteiger partial charge is 0.352 e. The molecular weight excluding hydrogens is 258 g/mol. The number of nitrogens with zero attached hydrogens (tertiary/aromatic N) is 2. The Morgan fingerprint density at radius 3 is 3.05 bits per heavy atom. The molecule has 3 rings (SSSR count). The second-order valence-electron chi connectivity index (χ2n) is 5.50. The number of carbonyl (C=O) groups is 1. The van der Waals surface area contributed by atoms with Gasteiger partial charge in [0.05, 0.1) is 16.7 Å². The summed E-state index contributed by atoms with van der Waals surface area (Å²) in [7, 11) is 0. The Morgan fingerprint density at radius 2 is 2.37 bits per heavy atom. The van der Waals surface area contributed by atoms with Crippen LogP contribution in [0, 0.1) is 0 Å². The van der Waals surface area contributed by atoms with Crippen LogP contribution in [0.3, 0.4) is 0 Å². The number of thiazole rings is 1. The van der Waals surface area contributed by atoms with Crippen molar-refractivity contribution >= 4 is 17.2 Å². The van der Waals surface area contributed by atoms with E-state index >= 15 is 0 Å². The maximum absolute atomic E-state index is 12.2. The van der Waals surface area contributed by atoms with Gasteiger partial charge in [-0.1, -0.05) is 6.92 Å².